The fraction of sp³-hybridized carbons (Fsp3) is 0.765. The van der Waals surface area contributed by atoms with E-state index in [1.54, 1.807) is 0 Å². The molecule has 0 bridgehead atoms. The van der Waals surface area contributed by atoms with Gasteiger partial charge in [-0.1, -0.05) is 5.92 Å². The van der Waals surface area contributed by atoms with Crippen LogP contribution in [0.3, 0.4) is 0 Å². The molecule has 0 saturated carbocycles. The van der Waals surface area contributed by atoms with Gasteiger partial charge in [0.1, 0.15) is 5.54 Å². The van der Waals surface area contributed by atoms with Gasteiger partial charge in [0.15, 0.2) is 0 Å². The molecule has 3 N–H and O–H groups in total. The van der Waals surface area contributed by atoms with Crippen LogP contribution in [0.4, 0.5) is 0 Å². The lowest BCUT2D eigenvalue weighted by molar-refractivity contribution is -0.817. The summed E-state index contributed by atoms with van der Waals surface area (Å²) < 4.78 is 0.645. The zero-order valence-corrected chi connectivity index (χ0v) is 18.8. The monoisotopic (exact) mass is 373 g/mol. The topological polar surface area (TPSA) is 46.2 Å². The number of terminal acetylenes is 1. The molecule has 0 radical (unpaired) electrons. The van der Waals surface area contributed by atoms with E-state index < -0.39 is 33.8 Å². The molecule has 1 rings (SSSR count). The van der Waals surface area contributed by atoms with Crippen molar-refractivity contribution in [1.82, 2.24) is 0 Å². The molecular formula is C17H34ClN2OSi2+. The first-order valence-corrected chi connectivity index (χ1v) is 14.3. The Morgan fingerprint density at radius 2 is 1.48 bits per heavy atom. The highest BCUT2D eigenvalue weighted by Gasteiger charge is 2.70. The Morgan fingerprint density at radius 1 is 1.09 bits per heavy atom. The minimum absolute atomic E-state index is 0. The summed E-state index contributed by atoms with van der Waals surface area (Å²) in [5, 5.41) is 11.2. The zero-order valence-electron chi connectivity index (χ0n) is 15.9. The van der Waals surface area contributed by atoms with Crippen LogP contribution < -0.4 is 5.73 Å². The van der Waals surface area contributed by atoms with Gasteiger partial charge < -0.3 is 14.7 Å². The number of hydrogen-bond acceptors (Lipinski definition) is 2. The second kappa shape index (κ2) is 6.56. The van der Waals surface area contributed by atoms with Crippen molar-refractivity contribution >= 4 is 28.9 Å². The molecule has 132 valence electrons. The summed E-state index contributed by atoms with van der Waals surface area (Å²) in [5.74, 6) is 9.11. The van der Waals surface area contributed by atoms with Crippen molar-refractivity contribution in [3.63, 3.8) is 0 Å². The zero-order chi connectivity index (χ0) is 17.6. The number of aliphatic hydroxyl groups is 1. The number of nitrogens with two attached hydrogens (primary N) is 1. The molecule has 1 saturated heterocycles. The first-order chi connectivity index (χ1) is 9.65. The van der Waals surface area contributed by atoms with E-state index >= 15 is 0 Å². The van der Waals surface area contributed by atoms with Crippen molar-refractivity contribution in [3.8, 4) is 24.2 Å². The molecule has 1 unspecified atom stereocenters. The van der Waals surface area contributed by atoms with Crippen LogP contribution in [-0.2, 0) is 0 Å². The number of aliphatic hydroxyl groups excluding tert-OH is 1. The molecule has 0 aromatic heterocycles. The number of nitrogens with zero attached hydrogens (tertiary/aromatic N) is 1. The van der Waals surface area contributed by atoms with Gasteiger partial charge in [0, 0.05) is 0 Å². The number of quaternary nitrogens is 1. The second-order valence-electron chi connectivity index (χ2n) is 8.92. The van der Waals surface area contributed by atoms with Gasteiger partial charge >= 0.3 is 0 Å². The van der Waals surface area contributed by atoms with Gasteiger partial charge in [-0.2, -0.15) is 0 Å². The Balaban J connectivity index is 0.00000484. The van der Waals surface area contributed by atoms with Crippen LogP contribution in [0.2, 0.25) is 38.3 Å². The van der Waals surface area contributed by atoms with Gasteiger partial charge in [0.2, 0.25) is 6.23 Å². The van der Waals surface area contributed by atoms with Crippen LogP contribution in [0.5, 0.6) is 0 Å². The van der Waals surface area contributed by atoms with Crippen LogP contribution in [0.25, 0.3) is 0 Å². The third-order valence-electron chi connectivity index (χ3n) is 5.38. The van der Waals surface area contributed by atoms with Crippen molar-refractivity contribution < 1.29 is 8.92 Å². The summed E-state index contributed by atoms with van der Waals surface area (Å²) in [6, 6.07) is 2.39. The van der Waals surface area contributed by atoms with E-state index in [4.69, 9.17) is 12.2 Å². The van der Waals surface area contributed by atoms with Crippen molar-refractivity contribution in [2.75, 3.05) is 0 Å². The minimum Gasteiger partial charge on any atom is -0.394 e. The van der Waals surface area contributed by atoms with Crippen LogP contribution >= 0.6 is 12.4 Å². The van der Waals surface area contributed by atoms with Crippen LogP contribution in [0.15, 0.2) is 0 Å². The first kappa shape index (κ1) is 22.7. The molecule has 0 aromatic rings. The summed E-state index contributed by atoms with van der Waals surface area (Å²) in [7, 11) is -3.62. The summed E-state index contributed by atoms with van der Waals surface area (Å²) in [5.41, 5.74) is 4.96. The van der Waals surface area contributed by atoms with Crippen molar-refractivity contribution in [3.05, 3.63) is 0 Å². The lowest BCUT2D eigenvalue weighted by Gasteiger charge is -2.62. The molecule has 0 aromatic carbocycles. The molecule has 0 spiro atoms. The molecule has 0 amide bonds. The van der Waals surface area contributed by atoms with Crippen LogP contribution in [-0.4, -0.2) is 42.7 Å². The summed E-state index contributed by atoms with van der Waals surface area (Å²) in [6.07, 6.45) is 5.18. The second-order valence-corrected chi connectivity index (χ2v) is 19.0. The summed E-state index contributed by atoms with van der Waals surface area (Å²) >= 11 is 0. The number of rotatable bonds is 2. The maximum Gasteiger partial charge on any atom is 0.266 e. The molecule has 23 heavy (non-hydrogen) atoms. The van der Waals surface area contributed by atoms with Gasteiger partial charge in [0.05, 0.1) is 5.54 Å². The molecule has 1 heterocycles. The van der Waals surface area contributed by atoms with Gasteiger partial charge in [-0.05, 0) is 77.8 Å². The Labute approximate surface area is 151 Å². The first-order valence-electron chi connectivity index (χ1n) is 8.01. The third kappa shape index (κ3) is 3.56. The van der Waals surface area contributed by atoms with E-state index in [-0.39, 0.29) is 12.4 Å². The highest BCUT2D eigenvalue weighted by Crippen LogP contribution is 2.51. The quantitative estimate of drug-likeness (QED) is 0.577. The standard InChI is InChI=1S/C17H33N2OSi2.ClH/c1-10-17(4,5)19(15(20)11-12-16(2,3)18)21(6,7)13-14-22(19,8)9;/h1,15,20H,13-14,18H2,2-9H3;1H/q+1;. The van der Waals surface area contributed by atoms with Crippen LogP contribution in [0, 0.1) is 24.2 Å². The lowest BCUT2D eigenvalue weighted by atomic mass is 10.1. The van der Waals surface area contributed by atoms with Gasteiger partial charge in [-0.25, -0.2) is 0 Å². The van der Waals surface area contributed by atoms with E-state index in [2.05, 4.69) is 57.8 Å². The fourth-order valence-corrected chi connectivity index (χ4v) is 22.1. The average molecular weight is 374 g/mol. The maximum atomic E-state index is 11.2. The Morgan fingerprint density at radius 3 is 1.78 bits per heavy atom. The Hall–Kier alpha value is -0.276. The molecule has 6 heteroatoms. The molecule has 0 aliphatic carbocycles. The Kier molecular flexibility index (Phi) is 6.48. The van der Waals surface area contributed by atoms with Crippen molar-refractivity contribution in [2.24, 2.45) is 5.73 Å². The minimum atomic E-state index is -1.81. The van der Waals surface area contributed by atoms with Crippen molar-refractivity contribution in [1.29, 1.82) is 0 Å². The van der Waals surface area contributed by atoms with Gasteiger partial charge in [-0.3, -0.25) is 0 Å². The number of halogens is 1. The smallest absolute Gasteiger partial charge is 0.266 e. The predicted octanol–water partition coefficient (Wildman–Crippen LogP) is 3.12. The maximum absolute atomic E-state index is 11.2. The molecule has 3 nitrogen and oxygen atoms in total. The highest BCUT2D eigenvalue weighted by molar-refractivity contribution is 6.88. The van der Waals surface area contributed by atoms with E-state index in [1.165, 1.54) is 12.1 Å². The van der Waals surface area contributed by atoms with Crippen molar-refractivity contribution in [2.45, 2.75) is 83.3 Å². The van der Waals surface area contributed by atoms with E-state index in [9.17, 15) is 5.11 Å². The number of hydrogen-bond donors (Lipinski definition) is 2. The lowest BCUT2D eigenvalue weighted by Crippen LogP contribution is -2.82. The Bertz CT molecular complexity index is 532. The molecule has 1 fully saturated rings. The SMILES string of the molecule is C#CC(C)(C)[N+]1(C(O)C#CC(C)(C)N)[Si](C)(C)CC[Si]1(C)C.Cl. The third-order valence-corrected chi connectivity index (χ3v) is 17.9. The van der Waals surface area contributed by atoms with E-state index in [0.29, 0.717) is 3.81 Å². The largest absolute Gasteiger partial charge is 0.394 e. The molecular weight excluding hydrogens is 340 g/mol. The fourth-order valence-electron chi connectivity index (χ4n) is 4.71. The highest BCUT2D eigenvalue weighted by atomic mass is 35.5. The average Bonchev–Trinajstić information content (AvgIpc) is 2.53. The van der Waals surface area contributed by atoms with Crippen LogP contribution in [0.1, 0.15) is 27.7 Å². The van der Waals surface area contributed by atoms with Gasteiger partial charge in [0.25, 0.3) is 16.5 Å². The van der Waals surface area contributed by atoms with E-state index in [1.807, 2.05) is 13.8 Å². The van der Waals surface area contributed by atoms with Gasteiger partial charge in [-0.15, -0.1) is 18.8 Å². The summed E-state index contributed by atoms with van der Waals surface area (Å²) in [4.78, 5) is 0. The van der Waals surface area contributed by atoms with E-state index in [0.717, 1.165) is 0 Å². The predicted molar refractivity (Wildman–Crippen MR) is 107 cm³/mol. The molecule has 1 atom stereocenters. The molecule has 1 aliphatic rings. The normalized spacial score (nSPS) is 23.0. The summed E-state index contributed by atoms with van der Waals surface area (Å²) in [6.45, 7) is 17.3. The molecule has 1 aliphatic heterocycles.